The quantitative estimate of drug-likeness (QED) is 0.726. The standard InChI is InChI=1S/C16H23ClN2O2/c1-18-9-8-16(7-3-4-10-21-2)14-11-12(17)5-6-13(14)15(20)19-16/h5-6,11,18H,3-4,7-10H2,1-2H3,(H,19,20). The number of hydrogen-bond donors (Lipinski definition) is 2. The van der Waals surface area contributed by atoms with Gasteiger partial charge in [0, 0.05) is 24.3 Å². The van der Waals surface area contributed by atoms with E-state index in [4.69, 9.17) is 16.3 Å². The number of halogens is 1. The second kappa shape index (κ2) is 7.25. The maximum Gasteiger partial charge on any atom is 0.252 e. The maximum atomic E-state index is 12.2. The van der Waals surface area contributed by atoms with E-state index < -0.39 is 0 Å². The van der Waals surface area contributed by atoms with Crippen molar-refractivity contribution in [3.05, 3.63) is 34.3 Å². The fraction of sp³-hybridized carbons (Fsp3) is 0.562. The van der Waals surface area contributed by atoms with Crippen LogP contribution in [0.5, 0.6) is 0 Å². The number of methoxy groups -OCH3 is 1. The van der Waals surface area contributed by atoms with Crippen molar-refractivity contribution >= 4 is 17.5 Å². The normalized spacial score (nSPS) is 20.4. The van der Waals surface area contributed by atoms with Crippen molar-refractivity contribution in [1.82, 2.24) is 10.6 Å². The topological polar surface area (TPSA) is 50.4 Å². The molecule has 116 valence electrons. The van der Waals surface area contributed by atoms with Gasteiger partial charge in [0.15, 0.2) is 0 Å². The number of carbonyl (C=O) groups is 1. The molecule has 4 nitrogen and oxygen atoms in total. The summed E-state index contributed by atoms with van der Waals surface area (Å²) in [4.78, 5) is 12.2. The Balaban J connectivity index is 2.24. The molecule has 2 N–H and O–H groups in total. The molecule has 1 aromatic rings. The van der Waals surface area contributed by atoms with Gasteiger partial charge in [0.1, 0.15) is 0 Å². The molecule has 21 heavy (non-hydrogen) atoms. The summed E-state index contributed by atoms with van der Waals surface area (Å²) in [6.07, 6.45) is 3.75. The summed E-state index contributed by atoms with van der Waals surface area (Å²) in [5.41, 5.74) is 1.48. The average Bonchev–Trinajstić information content (AvgIpc) is 2.74. The van der Waals surface area contributed by atoms with E-state index in [1.54, 1.807) is 13.2 Å². The van der Waals surface area contributed by atoms with E-state index in [2.05, 4.69) is 10.6 Å². The number of carbonyl (C=O) groups excluding carboxylic acids is 1. The van der Waals surface area contributed by atoms with Gasteiger partial charge in [0.05, 0.1) is 5.54 Å². The molecule has 1 aliphatic rings. The van der Waals surface area contributed by atoms with E-state index in [1.165, 1.54) is 0 Å². The van der Waals surface area contributed by atoms with Crippen LogP contribution in [-0.2, 0) is 10.3 Å². The second-order valence-corrected chi connectivity index (χ2v) is 5.97. The van der Waals surface area contributed by atoms with Crippen molar-refractivity contribution in [3.8, 4) is 0 Å². The average molecular weight is 311 g/mol. The number of rotatable bonds is 8. The molecule has 1 aromatic carbocycles. The molecule has 5 heteroatoms. The van der Waals surface area contributed by atoms with Gasteiger partial charge in [-0.3, -0.25) is 4.79 Å². The summed E-state index contributed by atoms with van der Waals surface area (Å²) in [6.45, 7) is 1.59. The monoisotopic (exact) mass is 310 g/mol. The molecule has 0 fully saturated rings. The summed E-state index contributed by atoms with van der Waals surface area (Å²) in [6, 6.07) is 5.53. The Hall–Kier alpha value is -1.10. The molecular formula is C16H23ClN2O2. The minimum atomic E-state index is -0.311. The van der Waals surface area contributed by atoms with E-state index in [-0.39, 0.29) is 11.4 Å². The molecule has 0 saturated heterocycles. The van der Waals surface area contributed by atoms with Crippen LogP contribution in [0.1, 0.15) is 41.6 Å². The van der Waals surface area contributed by atoms with Crippen molar-refractivity contribution in [1.29, 1.82) is 0 Å². The largest absolute Gasteiger partial charge is 0.385 e. The molecule has 0 saturated carbocycles. The number of unbranched alkanes of at least 4 members (excludes halogenated alkanes) is 1. The maximum absolute atomic E-state index is 12.2. The SMILES string of the molecule is CNCCC1(CCCCOC)NC(=O)c2ccc(Cl)cc21. The summed E-state index contributed by atoms with van der Waals surface area (Å²) in [7, 11) is 3.64. The summed E-state index contributed by atoms with van der Waals surface area (Å²) in [5.74, 6) is 0.00418. The third-order valence-corrected chi connectivity index (χ3v) is 4.33. The van der Waals surface area contributed by atoms with Gasteiger partial charge in [-0.05, 0) is 63.0 Å². The zero-order valence-corrected chi connectivity index (χ0v) is 13.4. The van der Waals surface area contributed by atoms with Gasteiger partial charge in [-0.2, -0.15) is 0 Å². The van der Waals surface area contributed by atoms with Crippen LogP contribution in [0.4, 0.5) is 0 Å². The van der Waals surface area contributed by atoms with Gasteiger partial charge >= 0.3 is 0 Å². The zero-order chi connectivity index (χ0) is 15.3. The lowest BCUT2D eigenvalue weighted by Crippen LogP contribution is -2.41. The molecular weight excluding hydrogens is 288 g/mol. The van der Waals surface area contributed by atoms with Gasteiger partial charge in [-0.1, -0.05) is 11.6 Å². The number of nitrogens with one attached hydrogen (secondary N) is 2. The number of fused-ring (bicyclic) bond motifs is 1. The molecule has 0 radical (unpaired) electrons. The highest BCUT2D eigenvalue weighted by atomic mass is 35.5. The first kappa shape index (κ1) is 16.3. The number of ether oxygens (including phenoxy) is 1. The van der Waals surface area contributed by atoms with E-state index >= 15 is 0 Å². The van der Waals surface area contributed by atoms with Crippen LogP contribution in [0.2, 0.25) is 5.02 Å². The van der Waals surface area contributed by atoms with Crippen molar-refractivity contribution in [2.75, 3.05) is 27.3 Å². The van der Waals surface area contributed by atoms with Crippen LogP contribution in [0, 0.1) is 0 Å². The Labute approximate surface area is 131 Å². The van der Waals surface area contributed by atoms with Gasteiger partial charge in [0.2, 0.25) is 0 Å². The highest BCUT2D eigenvalue weighted by Crippen LogP contribution is 2.39. The lowest BCUT2D eigenvalue weighted by atomic mass is 9.83. The molecule has 0 spiro atoms. The van der Waals surface area contributed by atoms with Crippen molar-refractivity contribution < 1.29 is 9.53 Å². The lowest BCUT2D eigenvalue weighted by Gasteiger charge is -2.31. The first-order chi connectivity index (χ1) is 10.1. The molecule has 2 rings (SSSR count). The molecule has 1 heterocycles. The third-order valence-electron chi connectivity index (χ3n) is 4.10. The van der Waals surface area contributed by atoms with Gasteiger partial charge in [0.25, 0.3) is 5.91 Å². The summed E-state index contributed by atoms with van der Waals surface area (Å²) in [5, 5.41) is 7.04. The molecule has 0 aromatic heterocycles. The van der Waals surface area contributed by atoms with Crippen molar-refractivity contribution in [3.63, 3.8) is 0 Å². The molecule has 0 aliphatic carbocycles. The van der Waals surface area contributed by atoms with Crippen LogP contribution >= 0.6 is 11.6 Å². The minimum Gasteiger partial charge on any atom is -0.385 e. The first-order valence-corrected chi connectivity index (χ1v) is 7.77. The Morgan fingerprint density at radius 2 is 2.14 bits per heavy atom. The number of amides is 1. The molecule has 0 bridgehead atoms. The predicted octanol–water partition coefficient (Wildman–Crippen LogP) is 2.70. The Bertz CT molecular complexity index is 507. The molecule has 1 unspecified atom stereocenters. The van der Waals surface area contributed by atoms with E-state index in [9.17, 15) is 4.79 Å². The highest BCUT2D eigenvalue weighted by molar-refractivity contribution is 6.30. The highest BCUT2D eigenvalue weighted by Gasteiger charge is 2.41. The van der Waals surface area contributed by atoms with Crippen LogP contribution in [0.25, 0.3) is 0 Å². The number of hydrogen-bond acceptors (Lipinski definition) is 3. The van der Waals surface area contributed by atoms with Crippen LogP contribution < -0.4 is 10.6 Å². The molecule has 1 amide bonds. The van der Waals surface area contributed by atoms with Gasteiger partial charge in [-0.15, -0.1) is 0 Å². The van der Waals surface area contributed by atoms with Crippen LogP contribution in [-0.4, -0.2) is 33.2 Å². The minimum absolute atomic E-state index is 0.00418. The van der Waals surface area contributed by atoms with Crippen LogP contribution in [0.15, 0.2) is 18.2 Å². The van der Waals surface area contributed by atoms with Crippen molar-refractivity contribution in [2.45, 2.75) is 31.2 Å². The summed E-state index contributed by atoms with van der Waals surface area (Å²) >= 11 is 6.14. The van der Waals surface area contributed by atoms with Crippen molar-refractivity contribution in [2.24, 2.45) is 0 Å². The Morgan fingerprint density at radius 1 is 1.33 bits per heavy atom. The van der Waals surface area contributed by atoms with E-state index in [0.717, 1.165) is 50.0 Å². The van der Waals surface area contributed by atoms with Gasteiger partial charge < -0.3 is 15.4 Å². The molecule has 1 aliphatic heterocycles. The second-order valence-electron chi connectivity index (χ2n) is 5.53. The molecule has 1 atom stereocenters. The first-order valence-electron chi connectivity index (χ1n) is 7.39. The van der Waals surface area contributed by atoms with E-state index in [0.29, 0.717) is 5.02 Å². The Morgan fingerprint density at radius 3 is 2.86 bits per heavy atom. The third kappa shape index (κ3) is 3.57. The smallest absolute Gasteiger partial charge is 0.252 e. The zero-order valence-electron chi connectivity index (χ0n) is 12.7. The summed E-state index contributed by atoms with van der Waals surface area (Å²) < 4.78 is 5.11. The fourth-order valence-electron chi connectivity index (χ4n) is 2.99. The Kier molecular flexibility index (Phi) is 5.62. The fourth-order valence-corrected chi connectivity index (χ4v) is 3.17. The van der Waals surface area contributed by atoms with E-state index in [1.807, 2.05) is 19.2 Å². The van der Waals surface area contributed by atoms with Crippen LogP contribution in [0.3, 0.4) is 0 Å². The lowest BCUT2D eigenvalue weighted by molar-refractivity contribution is 0.0918. The number of benzene rings is 1. The predicted molar refractivity (Wildman–Crippen MR) is 84.9 cm³/mol. The van der Waals surface area contributed by atoms with Gasteiger partial charge in [-0.25, -0.2) is 0 Å².